The molecule has 2 bridgehead atoms. The molecule has 0 spiro atoms. The predicted octanol–water partition coefficient (Wildman–Crippen LogP) is 6.64. The third-order valence-corrected chi connectivity index (χ3v) is 14.5. The van der Waals surface area contributed by atoms with Crippen molar-refractivity contribution in [3.63, 3.8) is 0 Å². The van der Waals surface area contributed by atoms with Crippen LogP contribution in [0.15, 0.2) is 36.4 Å². The maximum absolute atomic E-state index is 13.5. The van der Waals surface area contributed by atoms with E-state index in [0.29, 0.717) is 43.0 Å². The highest BCUT2D eigenvalue weighted by atomic mass is 35.5. The average molecular weight is 749 g/mol. The van der Waals surface area contributed by atoms with E-state index in [4.69, 9.17) is 37.4 Å². The Morgan fingerprint density at radius 1 is 0.880 bits per heavy atom. The van der Waals surface area contributed by atoms with Gasteiger partial charge >= 0.3 is 0 Å². The third kappa shape index (κ3) is 7.96. The number of sulfonamides is 1. The zero-order valence-electron chi connectivity index (χ0n) is 29.2. The van der Waals surface area contributed by atoms with E-state index in [1.54, 1.807) is 13.0 Å². The van der Waals surface area contributed by atoms with Crippen LogP contribution in [0.1, 0.15) is 80.3 Å². The molecule has 2 saturated heterocycles. The Balaban J connectivity index is 1.19. The number of ether oxygens (including phenoxy) is 3. The van der Waals surface area contributed by atoms with Crippen molar-refractivity contribution in [1.82, 2.24) is 9.62 Å². The first-order chi connectivity index (χ1) is 24.1. The summed E-state index contributed by atoms with van der Waals surface area (Å²) in [6, 6.07) is 11.5. The second-order valence-corrected chi connectivity index (χ2v) is 18.4. The number of hydrogen-bond donors (Lipinski definition) is 1. The van der Waals surface area contributed by atoms with Gasteiger partial charge in [0, 0.05) is 42.7 Å². The molecule has 274 valence electrons. The molecule has 5 aliphatic rings. The number of fused-ring (bicyclic) bond motifs is 3. The summed E-state index contributed by atoms with van der Waals surface area (Å²) in [5.41, 5.74) is 3.41. The Labute approximate surface area is 307 Å². The Bertz CT molecular complexity index is 1630. The minimum absolute atomic E-state index is 0.132. The molecule has 3 fully saturated rings. The number of anilines is 1. The lowest BCUT2D eigenvalue weighted by Crippen LogP contribution is -2.59. The van der Waals surface area contributed by atoms with Crippen LogP contribution in [0, 0.1) is 23.7 Å². The fourth-order valence-electron chi connectivity index (χ4n) is 8.52. The van der Waals surface area contributed by atoms with Crippen molar-refractivity contribution in [1.29, 1.82) is 0 Å². The standard InChI is InChI=1S/C38H51Cl2N3O6S/c1-24-6-5-8-34(38-48-22-32(23-49-38)43-19-31(40)20-43)33-13-10-28(33)18-42-15-4-3-7-26-16-30(39)12-9-29(26)21-47-36-14-11-27(17-35(36)42)37(44)41-50(45,46)25(24)2/h9,11-12,14,16-17,24-25,28,31-34,38H,3-8,10,13,15,18-23H2,1-2H3,(H,41,44)/t24-,25+,28-,32-,33+,34-,38-/m0/s1. The Morgan fingerprint density at radius 3 is 2.42 bits per heavy atom. The number of amides is 1. The smallest absolute Gasteiger partial charge is 0.264 e. The van der Waals surface area contributed by atoms with E-state index >= 15 is 0 Å². The zero-order chi connectivity index (χ0) is 35.0. The van der Waals surface area contributed by atoms with Crippen LogP contribution >= 0.6 is 23.2 Å². The molecular formula is C38H51Cl2N3O6S. The number of carbonyl (C=O) groups is 1. The number of benzene rings is 2. The van der Waals surface area contributed by atoms with E-state index in [1.807, 2.05) is 37.3 Å². The molecule has 4 heterocycles. The lowest BCUT2D eigenvalue weighted by molar-refractivity contribution is -0.246. The van der Waals surface area contributed by atoms with Gasteiger partial charge in [0.15, 0.2) is 6.29 Å². The summed E-state index contributed by atoms with van der Waals surface area (Å²) in [5, 5.41) is 0.198. The number of carbonyl (C=O) groups excluding carboxylic acids is 1. The van der Waals surface area contributed by atoms with Gasteiger partial charge in [0.25, 0.3) is 5.91 Å². The van der Waals surface area contributed by atoms with Gasteiger partial charge in [0.05, 0.1) is 35.6 Å². The molecule has 1 saturated carbocycles. The fourth-order valence-corrected chi connectivity index (χ4v) is 10.4. The van der Waals surface area contributed by atoms with E-state index in [1.165, 1.54) is 5.56 Å². The number of rotatable bonds is 2. The van der Waals surface area contributed by atoms with Crippen LogP contribution in [-0.4, -0.2) is 81.6 Å². The van der Waals surface area contributed by atoms with Gasteiger partial charge in [-0.25, -0.2) is 13.1 Å². The van der Waals surface area contributed by atoms with Gasteiger partial charge in [-0.15, -0.1) is 11.6 Å². The quantitative estimate of drug-likeness (QED) is 0.342. The van der Waals surface area contributed by atoms with Gasteiger partial charge in [-0.05, 0) is 111 Å². The minimum atomic E-state index is -3.91. The van der Waals surface area contributed by atoms with Crippen LogP contribution < -0.4 is 14.4 Å². The van der Waals surface area contributed by atoms with Crippen LogP contribution in [0.5, 0.6) is 5.75 Å². The molecule has 0 radical (unpaired) electrons. The first-order valence-electron chi connectivity index (χ1n) is 18.5. The van der Waals surface area contributed by atoms with Gasteiger partial charge in [-0.1, -0.05) is 31.0 Å². The summed E-state index contributed by atoms with van der Waals surface area (Å²) in [6.45, 7) is 8.67. The van der Waals surface area contributed by atoms with Gasteiger partial charge in [0.1, 0.15) is 12.4 Å². The SMILES string of the molecule is C[C@@H]1[C@@H](C)CCC[C@H]([C@H]2OC[C@H](N3CC(Cl)C3)CO2)[C@@H]2CC[C@H]2CN2CCCCc3cc(Cl)ccc3COc3ccc(cc32)C(=O)NS1(=O)=O. The largest absolute Gasteiger partial charge is 0.487 e. The number of likely N-dealkylation sites (tertiary alicyclic amines) is 1. The number of nitrogens with one attached hydrogen (secondary N) is 1. The molecule has 1 N–H and O–H groups in total. The second-order valence-electron chi connectivity index (χ2n) is 15.3. The fraction of sp³-hybridized carbons (Fsp3) is 0.658. The summed E-state index contributed by atoms with van der Waals surface area (Å²) >= 11 is 12.6. The second kappa shape index (κ2) is 15.5. The molecule has 0 aromatic heterocycles. The highest BCUT2D eigenvalue weighted by Gasteiger charge is 2.45. The Kier molecular flexibility index (Phi) is 11.2. The Morgan fingerprint density at radius 2 is 1.68 bits per heavy atom. The first kappa shape index (κ1) is 36.3. The van der Waals surface area contributed by atoms with Crippen LogP contribution in [0.25, 0.3) is 0 Å². The summed E-state index contributed by atoms with van der Waals surface area (Å²) in [7, 11) is -3.91. The van der Waals surface area contributed by atoms with E-state index in [0.717, 1.165) is 93.8 Å². The van der Waals surface area contributed by atoms with Crippen molar-refractivity contribution in [3.05, 3.63) is 58.1 Å². The number of alkyl halides is 1. The number of aryl methyl sites for hydroxylation is 1. The number of halogens is 2. The monoisotopic (exact) mass is 747 g/mol. The number of nitrogens with zero attached hydrogens (tertiary/aromatic N) is 2. The van der Waals surface area contributed by atoms with Gasteiger partial charge in [-0.2, -0.15) is 0 Å². The average Bonchev–Trinajstić information content (AvgIpc) is 3.10. The van der Waals surface area contributed by atoms with Gasteiger partial charge in [-0.3, -0.25) is 9.69 Å². The molecular weight excluding hydrogens is 697 g/mol. The van der Waals surface area contributed by atoms with E-state index < -0.39 is 21.2 Å². The molecule has 50 heavy (non-hydrogen) atoms. The van der Waals surface area contributed by atoms with Crippen molar-refractivity contribution >= 4 is 44.8 Å². The highest BCUT2D eigenvalue weighted by Crippen LogP contribution is 2.46. The Hall–Kier alpha value is -2.08. The maximum atomic E-state index is 13.5. The van der Waals surface area contributed by atoms with Crippen LogP contribution in [-0.2, 0) is 32.5 Å². The zero-order valence-corrected chi connectivity index (χ0v) is 31.5. The molecule has 2 aromatic rings. The topological polar surface area (TPSA) is 97.4 Å². The normalized spacial score (nSPS) is 32.9. The lowest BCUT2D eigenvalue weighted by atomic mass is 9.65. The minimum Gasteiger partial charge on any atom is -0.487 e. The summed E-state index contributed by atoms with van der Waals surface area (Å²) in [6.07, 6.45) is 7.28. The highest BCUT2D eigenvalue weighted by molar-refractivity contribution is 7.90. The molecule has 1 aliphatic carbocycles. The first-order valence-corrected chi connectivity index (χ1v) is 20.9. The van der Waals surface area contributed by atoms with Crippen molar-refractivity contribution in [3.8, 4) is 5.75 Å². The van der Waals surface area contributed by atoms with Crippen LogP contribution in [0.4, 0.5) is 5.69 Å². The molecule has 4 aliphatic heterocycles. The summed E-state index contributed by atoms with van der Waals surface area (Å²) in [4.78, 5) is 18.3. The van der Waals surface area contributed by atoms with Gasteiger partial charge in [0.2, 0.25) is 10.0 Å². The van der Waals surface area contributed by atoms with Crippen molar-refractivity contribution in [2.24, 2.45) is 23.7 Å². The molecule has 9 nitrogen and oxygen atoms in total. The van der Waals surface area contributed by atoms with Crippen LogP contribution in [0.3, 0.4) is 0 Å². The molecule has 2 aromatic carbocycles. The molecule has 5 atom stereocenters. The van der Waals surface area contributed by atoms with E-state index in [2.05, 4.69) is 14.5 Å². The van der Waals surface area contributed by atoms with Gasteiger partial charge < -0.3 is 19.1 Å². The lowest BCUT2D eigenvalue weighted by Gasteiger charge is -2.49. The van der Waals surface area contributed by atoms with E-state index in [9.17, 15) is 13.2 Å². The molecule has 0 unspecified atom stereocenters. The van der Waals surface area contributed by atoms with Crippen molar-refractivity contribution in [2.75, 3.05) is 44.3 Å². The summed E-state index contributed by atoms with van der Waals surface area (Å²) < 4.78 is 48.9. The maximum Gasteiger partial charge on any atom is 0.264 e. The molecule has 7 rings (SSSR count). The van der Waals surface area contributed by atoms with Crippen LogP contribution in [0.2, 0.25) is 5.02 Å². The molecule has 1 amide bonds. The van der Waals surface area contributed by atoms with Crippen molar-refractivity contribution in [2.45, 2.75) is 94.8 Å². The number of hydrogen-bond acceptors (Lipinski definition) is 8. The third-order valence-electron chi connectivity index (χ3n) is 12.1. The van der Waals surface area contributed by atoms with E-state index in [-0.39, 0.29) is 29.5 Å². The molecule has 12 heteroatoms. The van der Waals surface area contributed by atoms with Crippen molar-refractivity contribution < 1.29 is 27.4 Å². The summed E-state index contributed by atoms with van der Waals surface area (Å²) in [5.74, 6) is 0.986. The predicted molar refractivity (Wildman–Crippen MR) is 197 cm³/mol.